The zero-order valence-corrected chi connectivity index (χ0v) is 21.1. The van der Waals surface area contributed by atoms with Gasteiger partial charge in [-0.3, -0.25) is 9.79 Å². The standard InChI is InChI=1S/C26H37N3O2Si/c1-6-27-20-11-13-22-24(16-20)32(18(2)3,19(4)5)25-17-21(12-14-23(25)29-22)28-15-9-7-8-10-26(30)31/h11-14,16-19,28H,6-10,15H2,1-5H3,(H,30,31)/b27-20+. The van der Waals surface area contributed by atoms with E-state index in [0.717, 1.165) is 55.2 Å². The molecule has 0 aromatic heterocycles. The van der Waals surface area contributed by atoms with Crippen LogP contribution in [0.25, 0.3) is 0 Å². The van der Waals surface area contributed by atoms with Crippen LogP contribution in [0.2, 0.25) is 11.1 Å². The maximum atomic E-state index is 10.7. The molecule has 0 saturated carbocycles. The third-order valence-corrected chi connectivity index (χ3v) is 12.9. The number of carbonyl (C=O) groups is 1. The number of benzene rings is 1. The van der Waals surface area contributed by atoms with Crippen molar-refractivity contribution in [3.63, 3.8) is 0 Å². The van der Waals surface area contributed by atoms with Gasteiger partial charge in [-0.25, -0.2) is 4.99 Å². The van der Waals surface area contributed by atoms with E-state index in [0.29, 0.717) is 11.1 Å². The van der Waals surface area contributed by atoms with Gasteiger partial charge in [0.25, 0.3) is 0 Å². The highest BCUT2D eigenvalue weighted by atomic mass is 28.3. The van der Waals surface area contributed by atoms with Crippen molar-refractivity contribution in [2.75, 3.05) is 18.4 Å². The molecule has 1 heterocycles. The fraction of sp³-hybridized carbons (Fsp3) is 0.500. The fourth-order valence-corrected chi connectivity index (χ4v) is 11.3. The number of nitrogens with one attached hydrogen (secondary N) is 1. The fourth-order valence-electron chi connectivity index (χ4n) is 5.30. The lowest BCUT2D eigenvalue weighted by Gasteiger charge is -2.45. The number of unbranched alkanes of at least 4 members (excludes halogenated alkanes) is 2. The molecule has 0 spiro atoms. The van der Waals surface area contributed by atoms with Gasteiger partial charge in [0.05, 0.1) is 17.1 Å². The van der Waals surface area contributed by atoms with Crippen LogP contribution >= 0.6 is 0 Å². The van der Waals surface area contributed by atoms with E-state index in [1.54, 1.807) is 0 Å². The van der Waals surface area contributed by atoms with Crippen LogP contribution in [0, 0.1) is 0 Å². The maximum Gasteiger partial charge on any atom is 0.303 e. The zero-order chi connectivity index (χ0) is 23.3. The van der Waals surface area contributed by atoms with E-state index in [9.17, 15) is 4.79 Å². The zero-order valence-electron chi connectivity index (χ0n) is 20.1. The molecular weight excluding hydrogens is 414 g/mol. The molecule has 0 fully saturated rings. The second-order valence-electron chi connectivity index (χ2n) is 9.33. The van der Waals surface area contributed by atoms with Crippen molar-refractivity contribution in [2.24, 2.45) is 9.98 Å². The van der Waals surface area contributed by atoms with E-state index in [1.165, 1.54) is 10.4 Å². The number of carboxylic acids is 1. The van der Waals surface area contributed by atoms with Crippen molar-refractivity contribution in [3.8, 4) is 0 Å². The van der Waals surface area contributed by atoms with Crippen molar-refractivity contribution >= 4 is 42.0 Å². The number of rotatable bonds is 10. The smallest absolute Gasteiger partial charge is 0.303 e. The van der Waals surface area contributed by atoms with Gasteiger partial charge in [-0.2, -0.15) is 0 Å². The number of aliphatic carboxylic acids is 1. The van der Waals surface area contributed by atoms with Crippen molar-refractivity contribution in [3.05, 3.63) is 41.6 Å². The number of fused-ring (bicyclic) bond motifs is 2. The van der Waals surface area contributed by atoms with E-state index < -0.39 is 14.0 Å². The molecular formula is C26H37N3O2Si. The van der Waals surface area contributed by atoms with E-state index in [4.69, 9.17) is 10.1 Å². The summed E-state index contributed by atoms with van der Waals surface area (Å²) in [6, 6.07) is 6.64. The van der Waals surface area contributed by atoms with Crippen LogP contribution in [0.4, 0.5) is 11.4 Å². The molecule has 1 aromatic rings. The topological polar surface area (TPSA) is 74.0 Å². The summed E-state index contributed by atoms with van der Waals surface area (Å²) >= 11 is 0. The van der Waals surface area contributed by atoms with Crippen molar-refractivity contribution < 1.29 is 9.90 Å². The van der Waals surface area contributed by atoms with Gasteiger partial charge in [-0.15, -0.1) is 0 Å². The van der Waals surface area contributed by atoms with Crippen LogP contribution in [0.5, 0.6) is 0 Å². The highest BCUT2D eigenvalue weighted by Gasteiger charge is 2.50. The van der Waals surface area contributed by atoms with Crippen LogP contribution in [0.1, 0.15) is 60.3 Å². The lowest BCUT2D eigenvalue weighted by molar-refractivity contribution is -0.137. The average molecular weight is 452 g/mol. The minimum absolute atomic E-state index is 0.253. The molecule has 0 radical (unpaired) electrons. The van der Waals surface area contributed by atoms with E-state index in [-0.39, 0.29) is 6.42 Å². The van der Waals surface area contributed by atoms with Gasteiger partial charge in [-0.1, -0.05) is 34.1 Å². The van der Waals surface area contributed by atoms with Gasteiger partial charge in [-0.05, 0) is 77.7 Å². The summed E-state index contributed by atoms with van der Waals surface area (Å²) in [5.41, 5.74) is 5.46. The molecule has 1 aliphatic carbocycles. The van der Waals surface area contributed by atoms with E-state index in [2.05, 4.69) is 81.4 Å². The van der Waals surface area contributed by atoms with Gasteiger partial charge in [0.2, 0.25) is 0 Å². The number of hydrogen-bond acceptors (Lipinski definition) is 4. The van der Waals surface area contributed by atoms with Gasteiger partial charge in [0.15, 0.2) is 0 Å². The molecule has 1 aliphatic heterocycles. The van der Waals surface area contributed by atoms with E-state index in [1.807, 2.05) is 0 Å². The minimum Gasteiger partial charge on any atom is -0.481 e. The predicted octanol–water partition coefficient (Wildman–Crippen LogP) is 5.80. The van der Waals surface area contributed by atoms with Crippen molar-refractivity contribution in [1.29, 1.82) is 0 Å². The van der Waals surface area contributed by atoms with Crippen molar-refractivity contribution in [2.45, 2.75) is 71.4 Å². The molecule has 172 valence electrons. The Hall–Kier alpha value is -2.47. The van der Waals surface area contributed by atoms with Gasteiger partial charge in [0.1, 0.15) is 8.07 Å². The molecule has 0 atom stereocenters. The summed E-state index contributed by atoms with van der Waals surface area (Å²) in [4.78, 5) is 20.4. The first kappa shape index (κ1) is 24.2. The average Bonchev–Trinajstić information content (AvgIpc) is 2.74. The number of anilines is 1. The molecule has 0 bridgehead atoms. The number of aliphatic imine (C=N–C) groups is 2. The summed E-state index contributed by atoms with van der Waals surface area (Å²) in [7, 11) is -2.10. The second kappa shape index (κ2) is 10.4. The molecule has 2 N–H and O–H groups in total. The third kappa shape index (κ3) is 4.80. The summed E-state index contributed by atoms with van der Waals surface area (Å²) in [6.07, 6.45) is 9.44. The molecule has 1 aromatic carbocycles. The SMILES string of the molecule is CC/N=C1\C=CC2=Nc3ccc(NCCCCCC(=O)O)cc3[Si](C(C)C)(C(C)C)C2=C1. The summed E-state index contributed by atoms with van der Waals surface area (Å²) in [5.74, 6) is -0.713. The quantitative estimate of drug-likeness (QED) is 0.268. The predicted molar refractivity (Wildman–Crippen MR) is 139 cm³/mol. The summed E-state index contributed by atoms with van der Waals surface area (Å²) in [6.45, 7) is 13.2. The molecule has 0 unspecified atom stereocenters. The Morgan fingerprint density at radius 2 is 1.88 bits per heavy atom. The van der Waals surface area contributed by atoms with Gasteiger partial charge < -0.3 is 10.4 Å². The first-order valence-corrected chi connectivity index (χ1v) is 14.1. The lowest BCUT2D eigenvalue weighted by atomic mass is 10.1. The Labute approximate surface area is 193 Å². The van der Waals surface area contributed by atoms with Crippen LogP contribution < -0.4 is 10.5 Å². The summed E-state index contributed by atoms with van der Waals surface area (Å²) in [5, 5.41) is 15.2. The van der Waals surface area contributed by atoms with Gasteiger partial charge >= 0.3 is 5.97 Å². The molecule has 0 amide bonds. The highest BCUT2D eigenvalue weighted by molar-refractivity contribution is 7.04. The monoisotopic (exact) mass is 451 g/mol. The van der Waals surface area contributed by atoms with Crippen LogP contribution in [0.3, 0.4) is 0 Å². The number of nitrogens with zero attached hydrogens (tertiary/aromatic N) is 2. The Kier molecular flexibility index (Phi) is 7.88. The maximum absolute atomic E-state index is 10.7. The molecule has 32 heavy (non-hydrogen) atoms. The van der Waals surface area contributed by atoms with Crippen LogP contribution in [0.15, 0.2) is 51.6 Å². The number of allylic oxidation sites excluding steroid dienone is 4. The Bertz CT molecular complexity index is 965. The molecule has 2 aliphatic rings. The second-order valence-corrected chi connectivity index (χ2v) is 14.5. The summed E-state index contributed by atoms with van der Waals surface area (Å²) < 4.78 is 0. The Balaban J connectivity index is 1.94. The Morgan fingerprint density at radius 3 is 2.53 bits per heavy atom. The molecule has 5 nitrogen and oxygen atoms in total. The van der Waals surface area contributed by atoms with Crippen LogP contribution in [-0.4, -0.2) is 43.7 Å². The van der Waals surface area contributed by atoms with E-state index >= 15 is 0 Å². The molecule has 0 saturated heterocycles. The first-order valence-electron chi connectivity index (χ1n) is 11.9. The van der Waals surface area contributed by atoms with Crippen molar-refractivity contribution in [1.82, 2.24) is 0 Å². The molecule has 6 heteroatoms. The largest absolute Gasteiger partial charge is 0.481 e. The first-order chi connectivity index (χ1) is 15.3. The number of carboxylic acid groups (broad SMARTS) is 1. The van der Waals surface area contributed by atoms with Crippen LogP contribution in [-0.2, 0) is 4.79 Å². The normalized spacial score (nSPS) is 17.8. The lowest BCUT2D eigenvalue weighted by Crippen LogP contribution is -2.59. The molecule has 3 rings (SSSR count). The number of hydrogen-bond donors (Lipinski definition) is 2. The minimum atomic E-state index is -2.10. The highest BCUT2D eigenvalue weighted by Crippen LogP contribution is 2.44. The van der Waals surface area contributed by atoms with Gasteiger partial charge in [0, 0.05) is 25.2 Å². The Morgan fingerprint density at radius 1 is 1.12 bits per heavy atom. The third-order valence-electron chi connectivity index (χ3n) is 6.67.